The molecule has 0 bridgehead atoms. The predicted molar refractivity (Wildman–Crippen MR) is 82.6 cm³/mol. The van der Waals surface area contributed by atoms with Gasteiger partial charge in [-0.05, 0) is 58.6 Å². The van der Waals surface area contributed by atoms with Crippen molar-refractivity contribution in [2.45, 2.75) is 19.9 Å². The average Bonchev–Trinajstić information content (AvgIpc) is 2.44. The van der Waals surface area contributed by atoms with Gasteiger partial charge >= 0.3 is 0 Å². The van der Waals surface area contributed by atoms with Crippen LogP contribution >= 0.6 is 15.9 Å². The molecular weight excluding hydrogens is 321 g/mol. The fourth-order valence-electron chi connectivity index (χ4n) is 2.21. The molecule has 0 radical (unpaired) electrons. The highest BCUT2D eigenvalue weighted by Crippen LogP contribution is 2.33. The van der Waals surface area contributed by atoms with E-state index in [0.29, 0.717) is 10.0 Å². The Labute approximate surface area is 126 Å². The first kappa shape index (κ1) is 15.0. The number of nitrogens with two attached hydrogens (primary N) is 1. The second kappa shape index (κ2) is 5.94. The van der Waals surface area contributed by atoms with Crippen LogP contribution in [0, 0.1) is 19.7 Å². The minimum absolute atomic E-state index is 0.319. The van der Waals surface area contributed by atoms with Gasteiger partial charge in [-0.25, -0.2) is 4.39 Å². The molecule has 1 atom stereocenters. The third kappa shape index (κ3) is 2.72. The van der Waals surface area contributed by atoms with E-state index in [0.717, 1.165) is 22.4 Å². The maximum Gasteiger partial charge on any atom is 0.137 e. The molecule has 0 fully saturated rings. The third-order valence-electron chi connectivity index (χ3n) is 3.55. The summed E-state index contributed by atoms with van der Waals surface area (Å²) in [5.74, 6) is 0.446. The summed E-state index contributed by atoms with van der Waals surface area (Å²) in [6.45, 7) is 4.01. The minimum Gasteiger partial charge on any atom is -0.496 e. The van der Waals surface area contributed by atoms with Gasteiger partial charge in [-0.2, -0.15) is 0 Å². The number of hydrogen-bond acceptors (Lipinski definition) is 2. The van der Waals surface area contributed by atoms with E-state index in [4.69, 9.17) is 10.5 Å². The molecule has 2 rings (SSSR count). The second-order valence-electron chi connectivity index (χ2n) is 4.78. The molecule has 0 aliphatic rings. The summed E-state index contributed by atoms with van der Waals surface area (Å²) in [6, 6.07) is 8.44. The van der Waals surface area contributed by atoms with Crippen molar-refractivity contribution in [2.75, 3.05) is 7.11 Å². The Morgan fingerprint density at radius 3 is 2.50 bits per heavy atom. The van der Waals surface area contributed by atoms with E-state index in [1.54, 1.807) is 13.2 Å². The van der Waals surface area contributed by atoms with Crippen LogP contribution in [-0.2, 0) is 0 Å². The lowest BCUT2D eigenvalue weighted by atomic mass is 9.95. The van der Waals surface area contributed by atoms with Crippen LogP contribution in [0.15, 0.2) is 34.8 Å². The number of methoxy groups -OCH3 is 1. The quantitative estimate of drug-likeness (QED) is 0.907. The van der Waals surface area contributed by atoms with Crippen molar-refractivity contribution in [3.63, 3.8) is 0 Å². The van der Waals surface area contributed by atoms with Crippen LogP contribution in [-0.4, -0.2) is 7.11 Å². The smallest absolute Gasteiger partial charge is 0.137 e. The minimum atomic E-state index is -0.424. The van der Waals surface area contributed by atoms with Crippen molar-refractivity contribution < 1.29 is 9.13 Å². The lowest BCUT2D eigenvalue weighted by Crippen LogP contribution is -2.14. The Balaban J connectivity index is 2.50. The summed E-state index contributed by atoms with van der Waals surface area (Å²) in [7, 11) is 1.63. The molecule has 0 aromatic heterocycles. The van der Waals surface area contributed by atoms with Crippen molar-refractivity contribution >= 4 is 15.9 Å². The Hall–Kier alpha value is -1.39. The van der Waals surface area contributed by atoms with Gasteiger partial charge in [0, 0.05) is 5.56 Å². The van der Waals surface area contributed by atoms with Crippen LogP contribution in [0.5, 0.6) is 5.75 Å². The molecule has 0 aliphatic carbocycles. The van der Waals surface area contributed by atoms with E-state index < -0.39 is 6.04 Å². The van der Waals surface area contributed by atoms with Crippen molar-refractivity contribution in [1.82, 2.24) is 0 Å². The van der Waals surface area contributed by atoms with Crippen LogP contribution in [0.3, 0.4) is 0 Å². The van der Waals surface area contributed by atoms with Gasteiger partial charge in [-0.3, -0.25) is 0 Å². The molecule has 20 heavy (non-hydrogen) atoms. The van der Waals surface area contributed by atoms with Gasteiger partial charge in [0.25, 0.3) is 0 Å². The van der Waals surface area contributed by atoms with Crippen LogP contribution in [0.1, 0.15) is 28.3 Å². The molecule has 2 nitrogen and oxygen atoms in total. The van der Waals surface area contributed by atoms with Crippen molar-refractivity contribution in [2.24, 2.45) is 5.73 Å². The number of rotatable bonds is 3. The van der Waals surface area contributed by atoms with E-state index >= 15 is 0 Å². The first-order valence-electron chi connectivity index (χ1n) is 6.30. The van der Waals surface area contributed by atoms with E-state index in [-0.39, 0.29) is 5.82 Å². The zero-order valence-corrected chi connectivity index (χ0v) is 13.3. The molecule has 0 aliphatic heterocycles. The lowest BCUT2D eigenvalue weighted by Gasteiger charge is -2.19. The van der Waals surface area contributed by atoms with Gasteiger partial charge in [0.2, 0.25) is 0 Å². The van der Waals surface area contributed by atoms with E-state index in [1.165, 1.54) is 6.07 Å². The summed E-state index contributed by atoms with van der Waals surface area (Å²) in [6.07, 6.45) is 0. The summed E-state index contributed by atoms with van der Waals surface area (Å²) >= 11 is 3.14. The Kier molecular flexibility index (Phi) is 4.45. The maximum absolute atomic E-state index is 13.6. The Morgan fingerprint density at radius 2 is 1.90 bits per heavy atom. The van der Waals surface area contributed by atoms with Crippen molar-refractivity contribution in [1.29, 1.82) is 0 Å². The first-order chi connectivity index (χ1) is 9.45. The van der Waals surface area contributed by atoms with Gasteiger partial charge in [-0.15, -0.1) is 0 Å². The largest absolute Gasteiger partial charge is 0.496 e. The van der Waals surface area contributed by atoms with Crippen LogP contribution < -0.4 is 10.5 Å². The van der Waals surface area contributed by atoms with Gasteiger partial charge in [0.15, 0.2) is 0 Å². The summed E-state index contributed by atoms with van der Waals surface area (Å²) < 4.78 is 19.5. The van der Waals surface area contributed by atoms with E-state index in [2.05, 4.69) is 15.9 Å². The van der Waals surface area contributed by atoms with E-state index in [9.17, 15) is 4.39 Å². The molecule has 4 heteroatoms. The van der Waals surface area contributed by atoms with Gasteiger partial charge in [0.05, 0.1) is 17.6 Å². The first-order valence-corrected chi connectivity index (χ1v) is 7.09. The molecule has 0 heterocycles. The summed E-state index contributed by atoms with van der Waals surface area (Å²) in [5.41, 5.74) is 10.0. The van der Waals surface area contributed by atoms with E-state index in [1.807, 2.05) is 32.0 Å². The number of ether oxygens (including phenoxy) is 1. The SMILES string of the molecule is COc1c(C(N)c2ccc(Br)c(F)c2)ccc(C)c1C. The molecule has 0 saturated heterocycles. The Morgan fingerprint density at radius 1 is 1.20 bits per heavy atom. The third-order valence-corrected chi connectivity index (χ3v) is 4.19. The summed E-state index contributed by atoms with van der Waals surface area (Å²) in [5, 5.41) is 0. The molecule has 1 unspecified atom stereocenters. The van der Waals surface area contributed by atoms with Gasteiger partial charge < -0.3 is 10.5 Å². The number of benzene rings is 2. The standard InChI is InChI=1S/C16H17BrFNO/c1-9-4-6-12(16(20-3)10(9)2)15(19)11-5-7-13(17)14(18)8-11/h4-8,15H,19H2,1-3H3. The molecule has 0 spiro atoms. The highest BCUT2D eigenvalue weighted by atomic mass is 79.9. The fourth-order valence-corrected chi connectivity index (χ4v) is 2.46. The Bertz CT molecular complexity index is 643. The fraction of sp³-hybridized carbons (Fsp3) is 0.250. The van der Waals surface area contributed by atoms with Crippen LogP contribution in [0.4, 0.5) is 4.39 Å². The topological polar surface area (TPSA) is 35.2 Å². The average molecular weight is 338 g/mol. The molecule has 2 aromatic carbocycles. The van der Waals surface area contributed by atoms with Crippen LogP contribution in [0.2, 0.25) is 0 Å². The van der Waals surface area contributed by atoms with Crippen molar-refractivity contribution in [3.05, 3.63) is 62.9 Å². The normalized spacial score (nSPS) is 12.3. The number of aryl methyl sites for hydroxylation is 1. The highest BCUT2D eigenvalue weighted by molar-refractivity contribution is 9.10. The molecular formula is C16H17BrFNO. The van der Waals surface area contributed by atoms with Crippen molar-refractivity contribution in [3.8, 4) is 5.75 Å². The number of hydrogen-bond donors (Lipinski definition) is 1. The predicted octanol–water partition coefficient (Wildman–Crippen LogP) is 4.26. The van der Waals surface area contributed by atoms with Gasteiger partial charge in [-0.1, -0.05) is 18.2 Å². The zero-order valence-electron chi connectivity index (χ0n) is 11.7. The molecule has 0 amide bonds. The maximum atomic E-state index is 13.6. The molecule has 106 valence electrons. The van der Waals surface area contributed by atoms with Gasteiger partial charge in [0.1, 0.15) is 11.6 Å². The molecule has 2 aromatic rings. The summed E-state index contributed by atoms with van der Waals surface area (Å²) in [4.78, 5) is 0. The monoisotopic (exact) mass is 337 g/mol. The van der Waals surface area contributed by atoms with Crippen LogP contribution in [0.25, 0.3) is 0 Å². The lowest BCUT2D eigenvalue weighted by molar-refractivity contribution is 0.404. The second-order valence-corrected chi connectivity index (χ2v) is 5.64. The zero-order chi connectivity index (χ0) is 14.9. The highest BCUT2D eigenvalue weighted by Gasteiger charge is 2.17. The molecule has 0 saturated carbocycles. The molecule has 2 N–H and O–H groups in total. The number of halogens is 2.